The molecule has 4 heterocycles. The maximum atomic E-state index is 5.72. The van der Waals surface area contributed by atoms with Crippen molar-refractivity contribution in [2.24, 2.45) is 7.05 Å². The van der Waals surface area contributed by atoms with Crippen LogP contribution in [0.5, 0.6) is 5.88 Å². The van der Waals surface area contributed by atoms with Crippen LogP contribution in [0.1, 0.15) is 30.2 Å². The first kappa shape index (κ1) is 15.8. The Balaban J connectivity index is 1.45. The molecule has 3 aromatic heterocycles. The van der Waals surface area contributed by atoms with Crippen LogP contribution in [0.4, 0.5) is 0 Å². The van der Waals surface area contributed by atoms with Gasteiger partial charge in [0.2, 0.25) is 5.88 Å². The van der Waals surface area contributed by atoms with Gasteiger partial charge in [-0.3, -0.25) is 9.58 Å². The number of pyridine rings is 1. The Hall–Kier alpha value is -2.74. The fourth-order valence-electron chi connectivity index (χ4n) is 3.17. The number of nitrogens with zero attached hydrogens (tertiary/aromatic N) is 7. The van der Waals surface area contributed by atoms with E-state index in [0.29, 0.717) is 12.5 Å². The summed E-state index contributed by atoms with van der Waals surface area (Å²) in [4.78, 5) is 6.56. The van der Waals surface area contributed by atoms with E-state index in [1.165, 1.54) is 5.56 Å². The van der Waals surface area contributed by atoms with E-state index in [1.54, 1.807) is 6.20 Å². The number of rotatable bonds is 5. The third kappa shape index (κ3) is 3.25. The quantitative estimate of drug-likeness (QED) is 0.702. The number of hydrogen-bond acceptors (Lipinski definition) is 6. The largest absolute Gasteiger partial charge is 0.469 e. The molecule has 8 heteroatoms. The molecule has 0 amide bonds. The Labute approximate surface area is 146 Å². The summed E-state index contributed by atoms with van der Waals surface area (Å²) in [5.74, 6) is 2.42. The summed E-state index contributed by atoms with van der Waals surface area (Å²) in [5.41, 5.74) is 1.21. The number of hydrogen-bond donors (Lipinski definition) is 0. The average Bonchev–Trinajstić information content (AvgIpc) is 3.23. The smallest absolute Gasteiger partial charge is 0.213 e. The molecule has 0 N–H and O–H groups in total. The van der Waals surface area contributed by atoms with Gasteiger partial charge in [0.25, 0.3) is 0 Å². The van der Waals surface area contributed by atoms with E-state index >= 15 is 0 Å². The molecule has 0 fully saturated rings. The number of fused-ring (bicyclic) bond motifs is 1. The summed E-state index contributed by atoms with van der Waals surface area (Å²) in [7, 11) is 1.94. The highest BCUT2D eigenvalue weighted by molar-refractivity contribution is 5.11. The zero-order chi connectivity index (χ0) is 17.2. The van der Waals surface area contributed by atoms with E-state index in [9.17, 15) is 0 Å². The second-order valence-corrected chi connectivity index (χ2v) is 6.25. The standard InChI is InChI=1S/C17H21N7O/c1-13-17-21-20-15(12-25-16-5-3-4-6-18-16)24(17)8-7-23(13)11-14-9-19-22(2)10-14/h3-6,9-10,13H,7-8,11-12H2,1-2H3/t13-/m0/s1. The molecule has 0 unspecified atom stereocenters. The van der Waals surface area contributed by atoms with Gasteiger partial charge in [-0.05, 0) is 13.0 Å². The lowest BCUT2D eigenvalue weighted by molar-refractivity contribution is 0.152. The fraction of sp³-hybridized carbons (Fsp3) is 0.412. The van der Waals surface area contributed by atoms with E-state index < -0.39 is 0 Å². The van der Waals surface area contributed by atoms with Crippen molar-refractivity contribution in [1.29, 1.82) is 0 Å². The fourth-order valence-corrected chi connectivity index (χ4v) is 3.17. The SMILES string of the molecule is C[C@H]1c2nnc(COc3ccccn3)n2CCN1Cc1cnn(C)c1. The summed E-state index contributed by atoms with van der Waals surface area (Å²) >= 11 is 0. The summed E-state index contributed by atoms with van der Waals surface area (Å²) in [5, 5.41) is 13.0. The molecule has 0 bridgehead atoms. The molecule has 0 saturated heterocycles. The monoisotopic (exact) mass is 339 g/mol. The first-order chi connectivity index (χ1) is 12.2. The van der Waals surface area contributed by atoms with Gasteiger partial charge < -0.3 is 9.30 Å². The van der Waals surface area contributed by atoms with Crippen molar-refractivity contribution in [3.05, 3.63) is 54.0 Å². The van der Waals surface area contributed by atoms with Gasteiger partial charge in [0.1, 0.15) is 12.4 Å². The number of aromatic nitrogens is 6. The lowest BCUT2D eigenvalue weighted by atomic mass is 10.2. The summed E-state index contributed by atoms with van der Waals surface area (Å²) in [6.07, 6.45) is 5.68. The van der Waals surface area contributed by atoms with Crippen molar-refractivity contribution in [3.8, 4) is 5.88 Å². The Morgan fingerprint density at radius 1 is 1.24 bits per heavy atom. The van der Waals surface area contributed by atoms with Gasteiger partial charge in [0, 0.05) is 50.7 Å². The normalized spacial score (nSPS) is 17.4. The molecule has 25 heavy (non-hydrogen) atoms. The zero-order valence-corrected chi connectivity index (χ0v) is 14.4. The Kier molecular flexibility index (Phi) is 4.19. The van der Waals surface area contributed by atoms with Gasteiger partial charge >= 0.3 is 0 Å². The molecule has 1 atom stereocenters. The van der Waals surface area contributed by atoms with Crippen molar-refractivity contribution in [2.75, 3.05) is 6.54 Å². The van der Waals surface area contributed by atoms with Crippen LogP contribution in [-0.2, 0) is 26.7 Å². The molecule has 130 valence electrons. The van der Waals surface area contributed by atoms with Crippen LogP contribution in [0.15, 0.2) is 36.8 Å². The molecule has 0 radical (unpaired) electrons. The highest BCUT2D eigenvalue weighted by Crippen LogP contribution is 2.26. The second-order valence-electron chi connectivity index (χ2n) is 6.25. The topological polar surface area (TPSA) is 73.9 Å². The van der Waals surface area contributed by atoms with E-state index in [-0.39, 0.29) is 6.04 Å². The van der Waals surface area contributed by atoms with Gasteiger partial charge in [0.05, 0.1) is 12.2 Å². The minimum atomic E-state index is 0.199. The molecule has 1 aliphatic rings. The lowest BCUT2D eigenvalue weighted by Crippen LogP contribution is -2.37. The van der Waals surface area contributed by atoms with Crippen molar-refractivity contribution < 1.29 is 4.74 Å². The highest BCUT2D eigenvalue weighted by atomic mass is 16.5. The molecular formula is C17H21N7O. The van der Waals surface area contributed by atoms with Crippen molar-refractivity contribution in [1.82, 2.24) is 34.4 Å². The first-order valence-electron chi connectivity index (χ1n) is 8.38. The van der Waals surface area contributed by atoms with Gasteiger partial charge in [-0.2, -0.15) is 5.10 Å². The van der Waals surface area contributed by atoms with Crippen LogP contribution in [-0.4, -0.2) is 41.0 Å². The van der Waals surface area contributed by atoms with Crippen molar-refractivity contribution in [3.63, 3.8) is 0 Å². The first-order valence-corrected chi connectivity index (χ1v) is 8.38. The maximum absolute atomic E-state index is 5.72. The summed E-state index contributed by atoms with van der Waals surface area (Å²) < 4.78 is 9.71. The molecule has 0 saturated carbocycles. The maximum Gasteiger partial charge on any atom is 0.213 e. The average molecular weight is 339 g/mol. The molecule has 3 aromatic rings. The molecule has 1 aliphatic heterocycles. The van der Waals surface area contributed by atoms with E-state index in [2.05, 4.69) is 42.9 Å². The summed E-state index contributed by atoms with van der Waals surface area (Å²) in [6.45, 7) is 5.20. The molecule has 0 spiro atoms. The van der Waals surface area contributed by atoms with Gasteiger partial charge in [-0.1, -0.05) is 6.07 Å². The Morgan fingerprint density at radius 3 is 2.92 bits per heavy atom. The van der Waals surface area contributed by atoms with Crippen LogP contribution < -0.4 is 4.74 Å². The van der Waals surface area contributed by atoms with E-state index in [0.717, 1.165) is 31.3 Å². The molecule has 8 nitrogen and oxygen atoms in total. The predicted octanol–water partition coefficient (Wildman–Crippen LogP) is 1.56. The van der Waals surface area contributed by atoms with Crippen LogP contribution in [0, 0.1) is 0 Å². The van der Waals surface area contributed by atoms with Crippen LogP contribution in [0.25, 0.3) is 0 Å². The van der Waals surface area contributed by atoms with E-state index in [4.69, 9.17) is 4.74 Å². The number of aryl methyl sites for hydroxylation is 1. The van der Waals surface area contributed by atoms with Gasteiger partial charge in [-0.15, -0.1) is 10.2 Å². The van der Waals surface area contributed by atoms with Crippen molar-refractivity contribution >= 4 is 0 Å². The molecule has 0 aromatic carbocycles. The third-order valence-corrected chi connectivity index (χ3v) is 4.52. The second kappa shape index (κ2) is 6.64. The van der Waals surface area contributed by atoms with Crippen LogP contribution in [0.3, 0.4) is 0 Å². The Morgan fingerprint density at radius 2 is 2.16 bits per heavy atom. The molecular weight excluding hydrogens is 318 g/mol. The predicted molar refractivity (Wildman–Crippen MR) is 90.6 cm³/mol. The molecule has 0 aliphatic carbocycles. The van der Waals surface area contributed by atoms with Gasteiger partial charge in [0.15, 0.2) is 5.82 Å². The third-order valence-electron chi connectivity index (χ3n) is 4.52. The Bertz CT molecular complexity index is 842. The highest BCUT2D eigenvalue weighted by Gasteiger charge is 2.28. The lowest BCUT2D eigenvalue weighted by Gasteiger charge is -2.33. The van der Waals surface area contributed by atoms with E-state index in [1.807, 2.05) is 36.1 Å². The number of ether oxygens (including phenoxy) is 1. The minimum absolute atomic E-state index is 0.199. The molecule has 4 rings (SSSR count). The summed E-state index contributed by atoms with van der Waals surface area (Å²) in [6, 6.07) is 5.81. The van der Waals surface area contributed by atoms with Gasteiger partial charge in [-0.25, -0.2) is 4.98 Å². The minimum Gasteiger partial charge on any atom is -0.469 e. The van der Waals surface area contributed by atoms with Crippen LogP contribution >= 0.6 is 0 Å². The van der Waals surface area contributed by atoms with Crippen LogP contribution in [0.2, 0.25) is 0 Å². The zero-order valence-electron chi connectivity index (χ0n) is 14.4. The van der Waals surface area contributed by atoms with Crippen molar-refractivity contribution in [2.45, 2.75) is 32.7 Å².